The average Bonchev–Trinajstić information content (AvgIpc) is 2.14. The zero-order chi connectivity index (χ0) is 12.3. The van der Waals surface area contributed by atoms with Crippen molar-refractivity contribution < 1.29 is 22.6 Å². The quantitative estimate of drug-likeness (QED) is 0.820. The van der Waals surface area contributed by atoms with Crippen molar-refractivity contribution in [2.24, 2.45) is 5.73 Å². The van der Waals surface area contributed by atoms with Gasteiger partial charge < -0.3 is 20.9 Å². The SMILES string of the molecule is COc1c(CN)cc(OC(F)(F)F)nc1N. The van der Waals surface area contributed by atoms with E-state index < -0.39 is 12.2 Å². The van der Waals surface area contributed by atoms with E-state index in [0.717, 1.165) is 6.07 Å². The van der Waals surface area contributed by atoms with Crippen LogP contribution in [0.4, 0.5) is 19.0 Å². The van der Waals surface area contributed by atoms with Gasteiger partial charge in [-0.15, -0.1) is 13.2 Å². The molecular formula is C8H10F3N3O2. The number of rotatable bonds is 3. The summed E-state index contributed by atoms with van der Waals surface area (Å²) >= 11 is 0. The number of ether oxygens (including phenoxy) is 2. The van der Waals surface area contributed by atoms with E-state index >= 15 is 0 Å². The van der Waals surface area contributed by atoms with Crippen molar-refractivity contribution in [2.75, 3.05) is 12.8 Å². The lowest BCUT2D eigenvalue weighted by Crippen LogP contribution is -2.19. The number of halogens is 3. The number of anilines is 1. The third-order valence-corrected chi connectivity index (χ3v) is 1.70. The molecule has 1 aromatic rings. The van der Waals surface area contributed by atoms with Crippen molar-refractivity contribution in [1.29, 1.82) is 0 Å². The summed E-state index contributed by atoms with van der Waals surface area (Å²) < 4.78 is 44.2. The van der Waals surface area contributed by atoms with Crippen LogP contribution in [0.5, 0.6) is 11.6 Å². The molecule has 0 spiro atoms. The number of methoxy groups -OCH3 is 1. The molecule has 8 heteroatoms. The van der Waals surface area contributed by atoms with E-state index in [9.17, 15) is 13.2 Å². The van der Waals surface area contributed by atoms with Crippen LogP contribution >= 0.6 is 0 Å². The fourth-order valence-corrected chi connectivity index (χ4v) is 1.14. The van der Waals surface area contributed by atoms with Gasteiger partial charge >= 0.3 is 6.36 Å². The molecule has 1 rings (SSSR count). The minimum Gasteiger partial charge on any atom is -0.493 e. The Balaban J connectivity index is 3.10. The summed E-state index contributed by atoms with van der Waals surface area (Å²) in [4.78, 5) is 3.39. The summed E-state index contributed by atoms with van der Waals surface area (Å²) in [5.74, 6) is -0.715. The van der Waals surface area contributed by atoms with Gasteiger partial charge in [-0.25, -0.2) is 0 Å². The van der Waals surface area contributed by atoms with Gasteiger partial charge in [0.15, 0.2) is 11.6 Å². The van der Waals surface area contributed by atoms with Crippen molar-refractivity contribution in [3.8, 4) is 11.6 Å². The van der Waals surface area contributed by atoms with Gasteiger partial charge in [0.2, 0.25) is 5.88 Å². The van der Waals surface area contributed by atoms with Crippen LogP contribution in [0.2, 0.25) is 0 Å². The summed E-state index contributed by atoms with van der Waals surface area (Å²) in [6.45, 7) is -0.0376. The maximum Gasteiger partial charge on any atom is 0.574 e. The lowest BCUT2D eigenvalue weighted by atomic mass is 10.2. The average molecular weight is 237 g/mol. The molecule has 4 N–H and O–H groups in total. The number of aromatic nitrogens is 1. The molecule has 16 heavy (non-hydrogen) atoms. The molecule has 0 aliphatic heterocycles. The Morgan fingerprint density at radius 2 is 2.06 bits per heavy atom. The second-order valence-electron chi connectivity index (χ2n) is 2.79. The second-order valence-corrected chi connectivity index (χ2v) is 2.79. The lowest BCUT2D eigenvalue weighted by molar-refractivity contribution is -0.276. The molecule has 0 bridgehead atoms. The first-order chi connectivity index (χ1) is 7.37. The van der Waals surface area contributed by atoms with E-state index in [4.69, 9.17) is 16.2 Å². The molecule has 0 saturated heterocycles. The lowest BCUT2D eigenvalue weighted by Gasteiger charge is -2.13. The van der Waals surface area contributed by atoms with Crippen LogP contribution in [0.3, 0.4) is 0 Å². The van der Waals surface area contributed by atoms with Gasteiger partial charge in [-0.05, 0) is 0 Å². The predicted octanol–water partition coefficient (Wildman–Crippen LogP) is 1.03. The Morgan fingerprint density at radius 3 is 2.50 bits per heavy atom. The molecule has 0 aromatic carbocycles. The third-order valence-electron chi connectivity index (χ3n) is 1.70. The number of pyridine rings is 1. The van der Waals surface area contributed by atoms with E-state index in [1.807, 2.05) is 0 Å². The summed E-state index contributed by atoms with van der Waals surface area (Å²) in [6, 6.07) is 1.03. The summed E-state index contributed by atoms with van der Waals surface area (Å²) in [7, 11) is 1.32. The van der Waals surface area contributed by atoms with Gasteiger partial charge in [0.1, 0.15) is 0 Å². The highest BCUT2D eigenvalue weighted by atomic mass is 19.4. The smallest absolute Gasteiger partial charge is 0.493 e. The van der Waals surface area contributed by atoms with Crippen LogP contribution in [0.1, 0.15) is 5.56 Å². The van der Waals surface area contributed by atoms with Crippen molar-refractivity contribution in [3.05, 3.63) is 11.6 Å². The van der Waals surface area contributed by atoms with Gasteiger partial charge in [-0.2, -0.15) is 4.98 Å². The van der Waals surface area contributed by atoms with Crippen LogP contribution in [-0.4, -0.2) is 18.5 Å². The highest BCUT2D eigenvalue weighted by Gasteiger charge is 2.32. The maximum absolute atomic E-state index is 11.9. The number of hydrogen-bond donors (Lipinski definition) is 2. The number of nitrogen functional groups attached to an aromatic ring is 1. The van der Waals surface area contributed by atoms with E-state index in [2.05, 4.69) is 9.72 Å². The van der Waals surface area contributed by atoms with E-state index in [1.54, 1.807) is 0 Å². The van der Waals surface area contributed by atoms with Crippen molar-refractivity contribution in [1.82, 2.24) is 4.98 Å². The van der Waals surface area contributed by atoms with Crippen LogP contribution in [0.15, 0.2) is 6.07 Å². The predicted molar refractivity (Wildman–Crippen MR) is 49.8 cm³/mol. The van der Waals surface area contributed by atoms with Gasteiger partial charge in [0, 0.05) is 18.2 Å². The highest BCUT2D eigenvalue weighted by molar-refractivity contribution is 5.53. The van der Waals surface area contributed by atoms with Crippen molar-refractivity contribution >= 4 is 5.82 Å². The largest absolute Gasteiger partial charge is 0.574 e. The third kappa shape index (κ3) is 2.89. The molecule has 0 saturated carbocycles. The minimum atomic E-state index is -4.82. The van der Waals surface area contributed by atoms with E-state index in [-0.39, 0.29) is 23.7 Å². The molecule has 0 aliphatic rings. The van der Waals surface area contributed by atoms with Gasteiger partial charge in [-0.1, -0.05) is 0 Å². The Bertz CT molecular complexity index is 382. The van der Waals surface area contributed by atoms with Crippen LogP contribution in [0.25, 0.3) is 0 Å². The molecule has 0 atom stereocenters. The summed E-state index contributed by atoms with van der Waals surface area (Å²) in [5.41, 5.74) is 11.0. The first kappa shape index (κ1) is 12.4. The molecule has 90 valence electrons. The minimum absolute atomic E-state index is 0.0376. The molecule has 0 unspecified atom stereocenters. The Morgan fingerprint density at radius 1 is 1.44 bits per heavy atom. The first-order valence-corrected chi connectivity index (χ1v) is 4.16. The number of hydrogen-bond acceptors (Lipinski definition) is 5. The van der Waals surface area contributed by atoms with Crippen molar-refractivity contribution in [2.45, 2.75) is 12.9 Å². The van der Waals surface area contributed by atoms with Crippen LogP contribution < -0.4 is 20.9 Å². The number of alkyl halides is 3. The zero-order valence-corrected chi connectivity index (χ0v) is 8.34. The van der Waals surface area contributed by atoms with Crippen LogP contribution in [-0.2, 0) is 6.54 Å². The first-order valence-electron chi connectivity index (χ1n) is 4.16. The molecular weight excluding hydrogens is 227 g/mol. The molecule has 1 aromatic heterocycles. The fraction of sp³-hybridized carbons (Fsp3) is 0.375. The fourth-order valence-electron chi connectivity index (χ4n) is 1.14. The molecule has 0 aliphatic carbocycles. The van der Waals surface area contributed by atoms with Gasteiger partial charge in [-0.3, -0.25) is 0 Å². The van der Waals surface area contributed by atoms with Crippen molar-refractivity contribution in [3.63, 3.8) is 0 Å². The molecule has 1 heterocycles. The Kier molecular flexibility index (Phi) is 3.43. The number of nitrogens with zero attached hydrogens (tertiary/aromatic N) is 1. The summed E-state index contributed by atoms with van der Waals surface area (Å²) in [6.07, 6.45) is -4.82. The molecule has 0 radical (unpaired) electrons. The van der Waals surface area contributed by atoms with Gasteiger partial charge in [0.25, 0.3) is 0 Å². The van der Waals surface area contributed by atoms with Gasteiger partial charge in [0.05, 0.1) is 7.11 Å². The number of nitrogens with two attached hydrogens (primary N) is 2. The highest BCUT2D eigenvalue weighted by Crippen LogP contribution is 2.30. The Hall–Kier alpha value is -1.70. The topological polar surface area (TPSA) is 83.4 Å². The van der Waals surface area contributed by atoms with Crippen LogP contribution in [0, 0.1) is 0 Å². The maximum atomic E-state index is 11.9. The zero-order valence-electron chi connectivity index (χ0n) is 8.34. The molecule has 0 amide bonds. The standard InChI is InChI=1S/C8H10F3N3O2/c1-15-6-4(3-12)2-5(14-7(6)13)16-8(9,10)11/h2H,3,12H2,1H3,(H2,13,14). The van der Waals surface area contributed by atoms with E-state index in [1.165, 1.54) is 7.11 Å². The van der Waals surface area contributed by atoms with E-state index in [0.29, 0.717) is 0 Å². The Labute approximate surface area is 89.1 Å². The normalized spacial score (nSPS) is 11.3. The monoisotopic (exact) mass is 237 g/mol. The second kappa shape index (κ2) is 4.44. The molecule has 5 nitrogen and oxygen atoms in total. The molecule has 0 fully saturated rings. The summed E-state index contributed by atoms with van der Waals surface area (Å²) in [5, 5.41) is 0.